The Morgan fingerprint density at radius 2 is 2.12 bits per heavy atom. The van der Waals surface area contributed by atoms with Crippen LogP contribution in [0, 0.1) is 11.3 Å². The van der Waals surface area contributed by atoms with E-state index < -0.39 is 0 Å². The quantitative estimate of drug-likeness (QED) is 0.820. The van der Waals surface area contributed by atoms with Crippen molar-refractivity contribution in [3.63, 3.8) is 0 Å². The summed E-state index contributed by atoms with van der Waals surface area (Å²) in [6.07, 6.45) is 9.50. The second-order valence-electron chi connectivity index (χ2n) is 6.40. The van der Waals surface area contributed by atoms with Gasteiger partial charge < -0.3 is 10.1 Å². The lowest BCUT2D eigenvalue weighted by Crippen LogP contribution is -2.09. The summed E-state index contributed by atoms with van der Waals surface area (Å²) in [5, 5.41) is 13.0. The Kier molecular flexibility index (Phi) is 4.59. The van der Waals surface area contributed by atoms with Gasteiger partial charge in [-0.15, -0.1) is 11.3 Å². The summed E-state index contributed by atoms with van der Waals surface area (Å²) < 4.78 is 5.69. The Morgan fingerprint density at radius 3 is 3.00 bits per heavy atom. The fourth-order valence-corrected chi connectivity index (χ4v) is 4.58. The second-order valence-corrected chi connectivity index (χ2v) is 7.50. The van der Waals surface area contributed by atoms with Crippen molar-refractivity contribution in [2.24, 2.45) is 0 Å². The van der Waals surface area contributed by atoms with Gasteiger partial charge >= 0.3 is 0 Å². The molecule has 1 N–H and O–H groups in total. The van der Waals surface area contributed by atoms with E-state index in [1.54, 1.807) is 6.08 Å². The third kappa shape index (κ3) is 3.29. The Morgan fingerprint density at radius 1 is 1.27 bits per heavy atom. The number of amides is 1. The van der Waals surface area contributed by atoms with Crippen LogP contribution in [-0.4, -0.2) is 12.5 Å². The van der Waals surface area contributed by atoms with Gasteiger partial charge in [-0.3, -0.25) is 4.79 Å². The van der Waals surface area contributed by atoms with E-state index in [-0.39, 0.29) is 5.91 Å². The molecule has 2 aliphatic rings. The molecule has 4 nitrogen and oxygen atoms in total. The highest BCUT2D eigenvalue weighted by molar-refractivity contribution is 7.16. The standard InChI is InChI=1S/C21H18N2O2S/c22-12-17-16-6-2-4-8-19(16)26-21(17)23-20(24)10-9-14-11-15-5-1-3-7-18(15)25-13-14/h1,3,5,7,9-11H,2,4,6,8,13H2,(H,23,24)/b10-9-. The second kappa shape index (κ2) is 7.19. The van der Waals surface area contributed by atoms with Crippen LogP contribution in [0.3, 0.4) is 0 Å². The molecule has 0 bridgehead atoms. The Labute approximate surface area is 156 Å². The normalized spacial score (nSPS) is 15.4. The number of hydrogen-bond acceptors (Lipinski definition) is 4. The predicted octanol–water partition coefficient (Wildman–Crippen LogP) is 4.47. The molecule has 1 aromatic heterocycles. The van der Waals surface area contributed by atoms with E-state index in [1.807, 2.05) is 30.3 Å². The van der Waals surface area contributed by atoms with Gasteiger partial charge in [0.05, 0.1) is 5.56 Å². The number of nitrogens with zero attached hydrogens (tertiary/aromatic N) is 1. The van der Waals surface area contributed by atoms with Crippen LogP contribution in [0.4, 0.5) is 5.00 Å². The Balaban J connectivity index is 1.48. The van der Waals surface area contributed by atoms with Crippen LogP contribution in [0.15, 0.2) is 42.0 Å². The highest BCUT2D eigenvalue weighted by Crippen LogP contribution is 2.37. The Bertz CT molecular complexity index is 963. The van der Waals surface area contributed by atoms with Crippen LogP contribution in [0.1, 0.15) is 34.4 Å². The number of thiophene rings is 1. The molecule has 0 atom stereocenters. The smallest absolute Gasteiger partial charge is 0.249 e. The number of benzene rings is 1. The fourth-order valence-electron chi connectivity index (χ4n) is 3.34. The van der Waals surface area contributed by atoms with Crippen molar-refractivity contribution in [1.29, 1.82) is 5.26 Å². The zero-order chi connectivity index (χ0) is 17.9. The molecule has 0 unspecified atom stereocenters. The lowest BCUT2D eigenvalue weighted by molar-refractivity contribution is -0.111. The maximum Gasteiger partial charge on any atom is 0.249 e. The third-order valence-corrected chi connectivity index (χ3v) is 5.83. The number of ether oxygens (including phenoxy) is 1. The number of rotatable bonds is 3. The lowest BCUT2D eigenvalue weighted by atomic mass is 9.96. The minimum absolute atomic E-state index is 0.222. The molecular formula is C21H18N2O2S. The monoisotopic (exact) mass is 362 g/mol. The van der Waals surface area contributed by atoms with Crippen LogP contribution in [0.5, 0.6) is 5.75 Å². The van der Waals surface area contributed by atoms with Gasteiger partial charge in [0.1, 0.15) is 23.4 Å². The molecule has 26 heavy (non-hydrogen) atoms. The summed E-state index contributed by atoms with van der Waals surface area (Å²) >= 11 is 1.54. The van der Waals surface area contributed by atoms with Gasteiger partial charge in [0.25, 0.3) is 0 Å². The van der Waals surface area contributed by atoms with Crippen molar-refractivity contribution in [1.82, 2.24) is 0 Å². The average Bonchev–Trinajstić information content (AvgIpc) is 3.03. The number of aryl methyl sites for hydroxylation is 1. The van der Waals surface area contributed by atoms with Gasteiger partial charge in [0.15, 0.2) is 0 Å². The molecule has 5 heteroatoms. The van der Waals surface area contributed by atoms with Crippen molar-refractivity contribution < 1.29 is 9.53 Å². The summed E-state index contributed by atoms with van der Waals surface area (Å²) in [6.45, 7) is 0.442. The molecule has 1 aliphatic heterocycles. The zero-order valence-electron chi connectivity index (χ0n) is 14.2. The molecule has 1 amide bonds. The summed E-state index contributed by atoms with van der Waals surface area (Å²) in [4.78, 5) is 13.6. The SMILES string of the molecule is N#Cc1c(NC(=O)/C=C\C2=Cc3ccccc3OC2)sc2c1CCCC2. The topological polar surface area (TPSA) is 62.1 Å². The first kappa shape index (κ1) is 16.6. The van der Waals surface area contributed by atoms with Gasteiger partial charge in [-0.25, -0.2) is 0 Å². The molecule has 0 fully saturated rings. The van der Waals surface area contributed by atoms with Gasteiger partial charge in [-0.2, -0.15) is 5.26 Å². The first-order valence-electron chi connectivity index (χ1n) is 8.70. The lowest BCUT2D eigenvalue weighted by Gasteiger charge is -2.15. The van der Waals surface area contributed by atoms with Crippen molar-refractivity contribution in [2.75, 3.05) is 11.9 Å². The number of anilines is 1. The third-order valence-electron chi connectivity index (χ3n) is 4.62. The summed E-state index contributed by atoms with van der Waals surface area (Å²) in [7, 11) is 0. The van der Waals surface area contributed by atoms with Gasteiger partial charge in [0.2, 0.25) is 5.91 Å². The molecule has 0 saturated heterocycles. The average molecular weight is 362 g/mol. The number of para-hydroxylation sites is 1. The van der Waals surface area contributed by atoms with Crippen molar-refractivity contribution >= 4 is 28.3 Å². The van der Waals surface area contributed by atoms with E-state index in [1.165, 1.54) is 22.3 Å². The number of fused-ring (bicyclic) bond motifs is 2. The van der Waals surface area contributed by atoms with Crippen LogP contribution in [0.2, 0.25) is 0 Å². The molecule has 4 rings (SSSR count). The molecule has 0 saturated carbocycles. The predicted molar refractivity (Wildman–Crippen MR) is 103 cm³/mol. The Hall–Kier alpha value is -2.84. The molecule has 1 aromatic carbocycles. The van der Waals surface area contributed by atoms with Gasteiger partial charge in [-0.05, 0) is 49.0 Å². The summed E-state index contributed by atoms with van der Waals surface area (Å²) in [5.41, 5.74) is 3.71. The van der Waals surface area contributed by atoms with E-state index in [4.69, 9.17) is 4.74 Å². The van der Waals surface area contributed by atoms with E-state index in [0.29, 0.717) is 17.2 Å². The maximum atomic E-state index is 12.3. The molecule has 0 radical (unpaired) electrons. The number of hydrogen-bond donors (Lipinski definition) is 1. The van der Waals surface area contributed by atoms with E-state index in [9.17, 15) is 10.1 Å². The molecule has 2 aromatic rings. The van der Waals surface area contributed by atoms with Crippen LogP contribution in [-0.2, 0) is 17.6 Å². The first-order valence-corrected chi connectivity index (χ1v) is 9.52. The minimum Gasteiger partial charge on any atom is -0.488 e. The van der Waals surface area contributed by atoms with Crippen molar-refractivity contribution in [3.8, 4) is 11.8 Å². The number of nitriles is 1. The maximum absolute atomic E-state index is 12.3. The van der Waals surface area contributed by atoms with Crippen LogP contribution >= 0.6 is 11.3 Å². The molecule has 130 valence electrons. The largest absolute Gasteiger partial charge is 0.488 e. The fraction of sp³-hybridized carbons (Fsp3) is 0.238. The summed E-state index contributed by atoms with van der Waals surface area (Å²) in [5.74, 6) is 0.636. The van der Waals surface area contributed by atoms with Crippen molar-refractivity contribution in [2.45, 2.75) is 25.7 Å². The number of carbonyl (C=O) groups is 1. The van der Waals surface area contributed by atoms with Gasteiger partial charge in [0, 0.05) is 16.5 Å². The molecular weight excluding hydrogens is 344 g/mol. The van der Waals surface area contributed by atoms with Crippen molar-refractivity contribution in [3.05, 3.63) is 63.6 Å². The van der Waals surface area contributed by atoms with Crippen LogP contribution < -0.4 is 10.1 Å². The molecule has 2 heterocycles. The highest BCUT2D eigenvalue weighted by atomic mass is 32.1. The summed E-state index contributed by atoms with van der Waals surface area (Å²) in [6, 6.07) is 10.1. The zero-order valence-corrected chi connectivity index (χ0v) is 15.1. The van der Waals surface area contributed by atoms with E-state index in [2.05, 4.69) is 11.4 Å². The van der Waals surface area contributed by atoms with E-state index >= 15 is 0 Å². The van der Waals surface area contributed by atoms with Crippen LogP contribution in [0.25, 0.3) is 6.08 Å². The minimum atomic E-state index is -0.222. The number of carbonyl (C=O) groups excluding carboxylic acids is 1. The van der Waals surface area contributed by atoms with E-state index in [0.717, 1.165) is 48.1 Å². The molecule has 0 spiro atoms. The number of nitrogens with one attached hydrogen (secondary N) is 1. The molecule has 1 aliphatic carbocycles. The first-order chi connectivity index (χ1) is 12.7. The highest BCUT2D eigenvalue weighted by Gasteiger charge is 2.21. The van der Waals surface area contributed by atoms with Gasteiger partial charge in [-0.1, -0.05) is 24.3 Å².